The minimum absolute atomic E-state index is 0.107. The second kappa shape index (κ2) is 5.85. The lowest BCUT2D eigenvalue weighted by molar-refractivity contribution is 0.432. The van der Waals surface area contributed by atoms with Crippen LogP contribution in [0.5, 0.6) is 11.5 Å². The third-order valence-electron chi connectivity index (χ3n) is 3.06. The van der Waals surface area contributed by atoms with Gasteiger partial charge in [0.15, 0.2) is 11.6 Å². The van der Waals surface area contributed by atoms with Gasteiger partial charge in [-0.2, -0.15) is 0 Å². The van der Waals surface area contributed by atoms with Crippen LogP contribution < -0.4 is 10.5 Å². The van der Waals surface area contributed by atoms with Gasteiger partial charge in [0.2, 0.25) is 0 Å². The number of aryl methyl sites for hydroxylation is 1. The van der Waals surface area contributed by atoms with E-state index in [4.69, 9.17) is 10.5 Å². The van der Waals surface area contributed by atoms with E-state index in [1.165, 1.54) is 6.07 Å². The molecule has 100 valence electrons. The van der Waals surface area contributed by atoms with E-state index in [0.717, 1.165) is 17.5 Å². The zero-order valence-electron chi connectivity index (χ0n) is 11.2. The Morgan fingerprint density at radius 2 is 1.89 bits per heavy atom. The van der Waals surface area contributed by atoms with Crippen molar-refractivity contribution in [3.05, 3.63) is 59.4 Å². The molecule has 19 heavy (non-hydrogen) atoms. The van der Waals surface area contributed by atoms with Crippen LogP contribution in [0, 0.1) is 12.7 Å². The molecule has 0 bridgehead atoms. The van der Waals surface area contributed by atoms with E-state index < -0.39 is 0 Å². The molecular formula is C16H18FNO. The van der Waals surface area contributed by atoms with Gasteiger partial charge in [0.1, 0.15) is 5.75 Å². The van der Waals surface area contributed by atoms with Crippen LogP contribution in [-0.2, 0) is 0 Å². The van der Waals surface area contributed by atoms with Crippen LogP contribution in [0.25, 0.3) is 0 Å². The lowest BCUT2D eigenvalue weighted by Gasteiger charge is -2.16. The van der Waals surface area contributed by atoms with E-state index in [-0.39, 0.29) is 17.6 Å². The molecule has 1 atom stereocenters. The first-order valence-electron chi connectivity index (χ1n) is 6.40. The average molecular weight is 259 g/mol. The fourth-order valence-corrected chi connectivity index (χ4v) is 1.91. The molecule has 0 aliphatic heterocycles. The Hall–Kier alpha value is -1.87. The standard InChI is InChI=1S/C16H18FNO/c1-3-14(18)12-6-4-5-7-15(12)19-16-10-11(2)8-9-13(16)17/h4-10,14H,3,18H2,1-2H3. The molecule has 3 heteroatoms. The van der Waals surface area contributed by atoms with Crippen molar-refractivity contribution in [3.63, 3.8) is 0 Å². The minimum atomic E-state index is -0.370. The monoisotopic (exact) mass is 259 g/mol. The number of rotatable bonds is 4. The zero-order chi connectivity index (χ0) is 13.8. The van der Waals surface area contributed by atoms with Crippen LogP contribution in [0.2, 0.25) is 0 Å². The Morgan fingerprint density at radius 3 is 2.63 bits per heavy atom. The second-order valence-corrected chi connectivity index (χ2v) is 4.59. The van der Waals surface area contributed by atoms with E-state index in [9.17, 15) is 4.39 Å². The Kier molecular flexibility index (Phi) is 4.17. The number of hydrogen-bond donors (Lipinski definition) is 1. The van der Waals surface area contributed by atoms with Crippen LogP contribution in [0.3, 0.4) is 0 Å². The van der Waals surface area contributed by atoms with E-state index in [1.807, 2.05) is 38.1 Å². The molecule has 0 saturated heterocycles. The molecule has 2 rings (SSSR count). The van der Waals surface area contributed by atoms with Gasteiger partial charge in [-0.1, -0.05) is 31.2 Å². The quantitative estimate of drug-likeness (QED) is 0.886. The Balaban J connectivity index is 2.35. The highest BCUT2D eigenvalue weighted by Crippen LogP contribution is 2.31. The first-order chi connectivity index (χ1) is 9.11. The van der Waals surface area contributed by atoms with Gasteiger partial charge in [-0.15, -0.1) is 0 Å². The lowest BCUT2D eigenvalue weighted by Crippen LogP contribution is -2.09. The summed E-state index contributed by atoms with van der Waals surface area (Å²) in [6.07, 6.45) is 0.802. The van der Waals surface area contributed by atoms with E-state index >= 15 is 0 Å². The van der Waals surface area contributed by atoms with Crippen molar-refractivity contribution in [1.82, 2.24) is 0 Å². The summed E-state index contributed by atoms with van der Waals surface area (Å²) in [5.74, 6) is 0.475. The molecule has 0 fully saturated rings. The number of halogens is 1. The number of benzene rings is 2. The summed E-state index contributed by atoms with van der Waals surface area (Å²) in [5, 5.41) is 0. The first kappa shape index (κ1) is 13.6. The number of nitrogens with two attached hydrogens (primary N) is 1. The molecule has 0 saturated carbocycles. The van der Waals surface area contributed by atoms with Crippen LogP contribution in [-0.4, -0.2) is 0 Å². The predicted molar refractivity (Wildman–Crippen MR) is 74.9 cm³/mol. The summed E-state index contributed by atoms with van der Waals surface area (Å²) in [7, 11) is 0. The summed E-state index contributed by atoms with van der Waals surface area (Å²) in [4.78, 5) is 0. The Labute approximate surface area is 113 Å². The smallest absolute Gasteiger partial charge is 0.165 e. The highest BCUT2D eigenvalue weighted by Gasteiger charge is 2.12. The summed E-state index contributed by atoms with van der Waals surface area (Å²) >= 11 is 0. The Bertz CT molecular complexity index is 568. The Morgan fingerprint density at radius 1 is 1.16 bits per heavy atom. The molecule has 0 aliphatic carbocycles. The largest absolute Gasteiger partial charge is 0.454 e. The summed E-state index contributed by atoms with van der Waals surface area (Å²) < 4.78 is 19.4. The van der Waals surface area contributed by atoms with Crippen molar-refractivity contribution in [2.24, 2.45) is 5.73 Å². The van der Waals surface area contributed by atoms with Gasteiger partial charge in [0.05, 0.1) is 0 Å². The van der Waals surface area contributed by atoms with Gasteiger partial charge < -0.3 is 10.5 Å². The highest BCUT2D eigenvalue weighted by molar-refractivity contribution is 5.40. The lowest BCUT2D eigenvalue weighted by atomic mass is 10.0. The maximum absolute atomic E-state index is 13.7. The third-order valence-corrected chi connectivity index (χ3v) is 3.06. The summed E-state index contributed by atoms with van der Waals surface area (Å²) in [5.41, 5.74) is 7.89. The third kappa shape index (κ3) is 3.12. The zero-order valence-corrected chi connectivity index (χ0v) is 11.2. The summed E-state index contributed by atoms with van der Waals surface area (Å²) in [6.45, 7) is 3.91. The van der Waals surface area contributed by atoms with Gasteiger partial charge in [0, 0.05) is 11.6 Å². The average Bonchev–Trinajstić information content (AvgIpc) is 2.42. The van der Waals surface area contributed by atoms with Crippen molar-refractivity contribution in [3.8, 4) is 11.5 Å². The number of ether oxygens (including phenoxy) is 1. The SMILES string of the molecule is CCC(N)c1ccccc1Oc1cc(C)ccc1F. The minimum Gasteiger partial charge on any atom is -0.454 e. The van der Waals surface area contributed by atoms with Gasteiger partial charge in [-0.3, -0.25) is 0 Å². The van der Waals surface area contributed by atoms with Crippen LogP contribution in [0.1, 0.15) is 30.5 Å². The molecule has 0 spiro atoms. The summed E-state index contributed by atoms with van der Waals surface area (Å²) in [6, 6.07) is 12.2. The highest BCUT2D eigenvalue weighted by atomic mass is 19.1. The van der Waals surface area contributed by atoms with Gasteiger partial charge in [-0.25, -0.2) is 4.39 Å². The van der Waals surface area contributed by atoms with Crippen LogP contribution in [0.4, 0.5) is 4.39 Å². The van der Waals surface area contributed by atoms with Gasteiger partial charge in [0.25, 0.3) is 0 Å². The molecule has 0 radical (unpaired) electrons. The maximum atomic E-state index is 13.7. The number of hydrogen-bond acceptors (Lipinski definition) is 2. The molecule has 1 unspecified atom stereocenters. The topological polar surface area (TPSA) is 35.2 Å². The molecule has 2 N–H and O–H groups in total. The fourth-order valence-electron chi connectivity index (χ4n) is 1.91. The van der Waals surface area contributed by atoms with Crippen LogP contribution >= 0.6 is 0 Å². The molecule has 0 heterocycles. The molecule has 2 aromatic rings. The second-order valence-electron chi connectivity index (χ2n) is 4.59. The van der Waals surface area contributed by atoms with Crippen molar-refractivity contribution < 1.29 is 9.13 Å². The van der Waals surface area contributed by atoms with Crippen molar-refractivity contribution >= 4 is 0 Å². The molecule has 0 aromatic heterocycles. The molecule has 2 aromatic carbocycles. The van der Waals surface area contributed by atoms with Gasteiger partial charge >= 0.3 is 0 Å². The maximum Gasteiger partial charge on any atom is 0.165 e. The van der Waals surface area contributed by atoms with Crippen molar-refractivity contribution in [2.75, 3.05) is 0 Å². The fraction of sp³-hybridized carbons (Fsp3) is 0.250. The van der Waals surface area contributed by atoms with Crippen LogP contribution in [0.15, 0.2) is 42.5 Å². The van der Waals surface area contributed by atoms with E-state index in [0.29, 0.717) is 5.75 Å². The van der Waals surface area contributed by atoms with E-state index in [1.54, 1.807) is 12.1 Å². The first-order valence-corrected chi connectivity index (χ1v) is 6.40. The van der Waals surface area contributed by atoms with Crippen molar-refractivity contribution in [2.45, 2.75) is 26.3 Å². The molecular weight excluding hydrogens is 241 g/mol. The normalized spacial score (nSPS) is 12.2. The molecule has 2 nitrogen and oxygen atoms in total. The van der Waals surface area contributed by atoms with E-state index in [2.05, 4.69) is 0 Å². The number of para-hydroxylation sites is 1. The molecule has 0 aliphatic rings. The predicted octanol–water partition coefficient (Wildman–Crippen LogP) is 4.34. The van der Waals surface area contributed by atoms with Crippen molar-refractivity contribution in [1.29, 1.82) is 0 Å². The molecule has 0 amide bonds. The van der Waals surface area contributed by atoms with Gasteiger partial charge in [-0.05, 0) is 37.1 Å².